The lowest BCUT2D eigenvalue weighted by atomic mass is 9.69. The number of nitrogens with one attached hydrogen (secondary N) is 1. The van der Waals surface area contributed by atoms with Crippen LogP contribution in [0.15, 0.2) is 60.7 Å². The van der Waals surface area contributed by atoms with Crippen molar-refractivity contribution < 1.29 is 24.6 Å². The molecule has 7 rings (SSSR count). The van der Waals surface area contributed by atoms with Crippen molar-refractivity contribution in [1.82, 2.24) is 0 Å². The molecule has 3 aromatic rings. The van der Waals surface area contributed by atoms with Gasteiger partial charge in [0.25, 0.3) is 0 Å². The number of carbonyl (C=O) groups is 3. The van der Waals surface area contributed by atoms with Crippen LogP contribution in [0.1, 0.15) is 44.2 Å². The number of benzene rings is 3. The van der Waals surface area contributed by atoms with Crippen molar-refractivity contribution in [1.29, 1.82) is 0 Å². The summed E-state index contributed by atoms with van der Waals surface area (Å²) >= 11 is 0. The largest absolute Gasteiger partial charge is 0.504 e. The molecule has 3 heterocycles. The van der Waals surface area contributed by atoms with Gasteiger partial charge in [-0.15, -0.1) is 0 Å². The number of Topliss-reactive ketones (excluding diaryl/α,β-unsaturated/α-hetero) is 2. The zero-order valence-corrected chi connectivity index (χ0v) is 16.6. The summed E-state index contributed by atoms with van der Waals surface area (Å²) in [5.74, 6) is -2.30. The molecule has 156 valence electrons. The number of anilines is 2. The van der Waals surface area contributed by atoms with E-state index >= 15 is 0 Å². The molecule has 3 N–H and O–H groups in total. The van der Waals surface area contributed by atoms with Crippen LogP contribution in [0.25, 0.3) is 0 Å². The molecular weight excluding hydrogens is 408 g/mol. The second-order valence-electron chi connectivity index (χ2n) is 8.78. The number of ketones is 2. The molecule has 7 heteroatoms. The van der Waals surface area contributed by atoms with Crippen LogP contribution in [0.4, 0.5) is 11.4 Å². The predicted molar refractivity (Wildman–Crippen MR) is 114 cm³/mol. The lowest BCUT2D eigenvalue weighted by molar-refractivity contribution is -0.117. The number of carbonyl (C=O) groups excluding carboxylic acids is 3. The summed E-state index contributed by atoms with van der Waals surface area (Å²) in [5, 5.41) is 24.0. The highest BCUT2D eigenvalue weighted by molar-refractivity contribution is 6.31. The number of nitrogens with zero attached hydrogens (tertiary/aromatic N) is 1. The van der Waals surface area contributed by atoms with Gasteiger partial charge >= 0.3 is 0 Å². The number of hydrogen-bond donors (Lipinski definition) is 3. The predicted octanol–water partition coefficient (Wildman–Crippen LogP) is 3.07. The fraction of sp³-hybridized carbons (Fsp3) is 0.160. The average molecular weight is 424 g/mol. The topological polar surface area (TPSA) is 107 Å². The molecule has 0 radical (unpaired) electrons. The van der Waals surface area contributed by atoms with Crippen LogP contribution < -0.4 is 10.2 Å². The quantitative estimate of drug-likeness (QED) is 0.479. The normalized spacial score (nSPS) is 28.4. The molecule has 0 unspecified atom stereocenters. The fourth-order valence-electron chi connectivity index (χ4n) is 6.47. The number of fused-ring (bicyclic) bond motifs is 6. The Labute approximate surface area is 181 Å². The van der Waals surface area contributed by atoms with E-state index < -0.39 is 17.0 Å². The van der Waals surface area contributed by atoms with Crippen LogP contribution in [0, 0.1) is 0 Å². The SMILES string of the molecule is O=C1C[C@@H]2c3cc(O)c(O)cc3[C@@]3(Nc4ccccc4C3=O)[C@@]23C(=O)c2ccccc2N13. The number of phenolic OH excluding ortho intramolecular Hbond substituents is 2. The molecular formula is C25H16N2O5. The molecule has 0 bridgehead atoms. The van der Waals surface area contributed by atoms with E-state index in [-0.39, 0.29) is 35.4 Å². The average Bonchev–Trinajstić information content (AvgIpc) is 3.42. The van der Waals surface area contributed by atoms with Crippen LogP contribution >= 0.6 is 0 Å². The standard InChI is InChI=1S/C25H16N2O5/c28-19-9-14-15(10-20(19)29)24(22(31)12-5-1-3-7-17(12)26-24)25-16(14)11-21(30)27(25)18-8-4-2-6-13(18)23(25)32/h1-10,16,26,28-29H,11H2/t16-,24+,25+/m1/s1. The molecule has 1 fully saturated rings. The van der Waals surface area contributed by atoms with Gasteiger partial charge in [-0.1, -0.05) is 24.3 Å². The fourth-order valence-corrected chi connectivity index (χ4v) is 6.47. The van der Waals surface area contributed by atoms with Crippen LogP contribution in [-0.4, -0.2) is 33.2 Å². The minimum absolute atomic E-state index is 0.0182. The monoisotopic (exact) mass is 424 g/mol. The third kappa shape index (κ3) is 1.54. The van der Waals surface area contributed by atoms with Crippen molar-refractivity contribution >= 4 is 28.8 Å². The molecule has 0 aromatic heterocycles. The first-order chi connectivity index (χ1) is 15.4. The van der Waals surface area contributed by atoms with E-state index in [1.807, 2.05) is 0 Å². The zero-order valence-electron chi connectivity index (χ0n) is 16.6. The van der Waals surface area contributed by atoms with E-state index in [0.29, 0.717) is 33.6 Å². The maximum absolute atomic E-state index is 14.2. The van der Waals surface area contributed by atoms with Gasteiger partial charge in [-0.2, -0.15) is 0 Å². The molecule has 32 heavy (non-hydrogen) atoms. The van der Waals surface area contributed by atoms with Gasteiger partial charge in [0.1, 0.15) is 0 Å². The Morgan fingerprint density at radius 3 is 2.34 bits per heavy atom. The number of amides is 1. The summed E-state index contributed by atoms with van der Waals surface area (Å²) in [6.07, 6.45) is 0.0182. The van der Waals surface area contributed by atoms with Gasteiger partial charge in [0.05, 0.1) is 5.69 Å². The van der Waals surface area contributed by atoms with Gasteiger partial charge in [0.15, 0.2) is 34.1 Å². The molecule has 2 spiro atoms. The maximum atomic E-state index is 14.2. The third-order valence-corrected chi connectivity index (χ3v) is 7.55. The van der Waals surface area contributed by atoms with E-state index in [1.54, 1.807) is 48.5 Å². The van der Waals surface area contributed by atoms with Gasteiger partial charge < -0.3 is 15.5 Å². The Morgan fingerprint density at radius 2 is 1.56 bits per heavy atom. The van der Waals surface area contributed by atoms with Crippen molar-refractivity contribution in [2.24, 2.45) is 0 Å². The molecule has 3 aromatic carbocycles. The zero-order chi connectivity index (χ0) is 22.0. The third-order valence-electron chi connectivity index (χ3n) is 7.55. The van der Waals surface area contributed by atoms with Gasteiger partial charge in [-0.25, -0.2) is 0 Å². The number of aromatic hydroxyl groups is 2. The molecule has 1 saturated heterocycles. The number of hydrogen-bond acceptors (Lipinski definition) is 6. The first-order valence-electron chi connectivity index (χ1n) is 10.4. The van der Waals surface area contributed by atoms with E-state index in [9.17, 15) is 24.6 Å². The number of para-hydroxylation sites is 2. The van der Waals surface area contributed by atoms with Crippen molar-refractivity contribution in [3.8, 4) is 11.5 Å². The highest BCUT2D eigenvalue weighted by Crippen LogP contribution is 2.68. The lowest BCUT2D eigenvalue weighted by Gasteiger charge is -2.43. The van der Waals surface area contributed by atoms with Crippen LogP contribution in [0.2, 0.25) is 0 Å². The second kappa shape index (κ2) is 5.19. The van der Waals surface area contributed by atoms with Crippen LogP contribution in [0.5, 0.6) is 11.5 Å². The van der Waals surface area contributed by atoms with Gasteiger partial charge in [-0.3, -0.25) is 19.3 Å². The molecule has 7 nitrogen and oxygen atoms in total. The van der Waals surface area contributed by atoms with E-state index in [2.05, 4.69) is 5.32 Å². The smallest absolute Gasteiger partial charge is 0.228 e. The Morgan fingerprint density at radius 1 is 0.875 bits per heavy atom. The second-order valence-corrected chi connectivity index (χ2v) is 8.78. The summed E-state index contributed by atoms with van der Waals surface area (Å²) in [5.41, 5.74) is -0.397. The molecule has 3 aliphatic heterocycles. The minimum atomic E-state index is -1.62. The summed E-state index contributed by atoms with van der Waals surface area (Å²) in [4.78, 5) is 43.2. The Hall–Kier alpha value is -4.13. The maximum Gasteiger partial charge on any atom is 0.228 e. The molecule has 1 aliphatic carbocycles. The van der Waals surface area contributed by atoms with Crippen LogP contribution in [0.3, 0.4) is 0 Å². The Bertz CT molecular complexity index is 1450. The van der Waals surface area contributed by atoms with E-state index in [1.165, 1.54) is 17.0 Å². The van der Waals surface area contributed by atoms with Crippen molar-refractivity contribution in [3.05, 3.63) is 82.9 Å². The number of rotatable bonds is 0. The molecule has 3 atom stereocenters. The summed E-state index contributed by atoms with van der Waals surface area (Å²) in [6, 6.07) is 16.6. The first-order valence-corrected chi connectivity index (χ1v) is 10.4. The van der Waals surface area contributed by atoms with Crippen molar-refractivity contribution in [2.75, 3.05) is 10.2 Å². The van der Waals surface area contributed by atoms with E-state index in [4.69, 9.17) is 0 Å². The van der Waals surface area contributed by atoms with Gasteiger partial charge in [0.2, 0.25) is 5.91 Å². The highest BCUT2D eigenvalue weighted by Gasteiger charge is 2.80. The highest BCUT2D eigenvalue weighted by atomic mass is 16.3. The summed E-state index contributed by atoms with van der Waals surface area (Å²) in [7, 11) is 0. The Balaban J connectivity index is 1.64. The summed E-state index contributed by atoms with van der Waals surface area (Å²) < 4.78 is 0. The number of phenols is 2. The van der Waals surface area contributed by atoms with E-state index in [0.717, 1.165) is 0 Å². The molecule has 4 aliphatic rings. The minimum Gasteiger partial charge on any atom is -0.504 e. The molecule has 1 amide bonds. The van der Waals surface area contributed by atoms with Crippen molar-refractivity contribution in [3.63, 3.8) is 0 Å². The summed E-state index contributed by atoms with van der Waals surface area (Å²) in [6.45, 7) is 0. The van der Waals surface area contributed by atoms with Gasteiger partial charge in [0, 0.05) is 29.2 Å². The van der Waals surface area contributed by atoms with Crippen molar-refractivity contribution in [2.45, 2.75) is 23.4 Å². The molecule has 0 saturated carbocycles. The Kier molecular flexibility index (Phi) is 2.84. The first kappa shape index (κ1) is 17.5. The van der Waals surface area contributed by atoms with Crippen LogP contribution in [-0.2, 0) is 10.3 Å². The lowest BCUT2D eigenvalue weighted by Crippen LogP contribution is -2.66. The van der Waals surface area contributed by atoms with Gasteiger partial charge in [-0.05, 0) is 47.5 Å².